The number of anilines is 1. The highest BCUT2D eigenvalue weighted by Gasteiger charge is 2.18. The maximum Gasteiger partial charge on any atom is 0.272 e. The van der Waals surface area contributed by atoms with E-state index in [9.17, 15) is 9.59 Å². The number of carbonyl (C=O) groups excluding carboxylic acids is 2. The summed E-state index contributed by atoms with van der Waals surface area (Å²) in [4.78, 5) is 27.1. The van der Waals surface area contributed by atoms with Gasteiger partial charge in [-0.15, -0.1) is 11.3 Å². The Morgan fingerprint density at radius 1 is 0.917 bits per heavy atom. The van der Waals surface area contributed by atoms with Gasteiger partial charge < -0.3 is 20.1 Å². The van der Waals surface area contributed by atoms with E-state index in [-0.39, 0.29) is 5.70 Å². The topological polar surface area (TPSA) is 76.7 Å². The van der Waals surface area contributed by atoms with E-state index in [0.717, 1.165) is 10.4 Å². The first-order valence-corrected chi connectivity index (χ1v) is 12.2. The van der Waals surface area contributed by atoms with Crippen LogP contribution in [0.4, 0.5) is 5.69 Å². The molecular weight excluding hydrogens is 496 g/mol. The third-order valence-electron chi connectivity index (χ3n) is 5.12. The summed E-state index contributed by atoms with van der Waals surface area (Å²) in [5.41, 5.74) is 1.88. The van der Waals surface area contributed by atoms with E-state index in [1.165, 1.54) is 11.3 Å². The van der Waals surface area contributed by atoms with Crippen molar-refractivity contribution >= 4 is 46.5 Å². The SMILES string of the molecule is COc1ccccc1Oc1ccc(Cl)cc1NC(=O)/C(=C/c1cccs1)NC(=O)c1ccc(C)cc1. The number of methoxy groups -OCH3 is 1. The van der Waals surface area contributed by atoms with Crippen LogP contribution < -0.4 is 20.1 Å². The van der Waals surface area contributed by atoms with Gasteiger partial charge in [0.05, 0.1) is 12.8 Å². The number of rotatable bonds is 8. The van der Waals surface area contributed by atoms with Crippen molar-refractivity contribution in [3.05, 3.63) is 111 Å². The zero-order chi connectivity index (χ0) is 25.5. The number of aryl methyl sites for hydroxylation is 1. The summed E-state index contributed by atoms with van der Waals surface area (Å²) < 4.78 is 11.4. The van der Waals surface area contributed by atoms with E-state index < -0.39 is 11.8 Å². The van der Waals surface area contributed by atoms with Gasteiger partial charge in [0.15, 0.2) is 17.2 Å². The zero-order valence-electron chi connectivity index (χ0n) is 19.6. The van der Waals surface area contributed by atoms with Crippen LogP contribution in [0.25, 0.3) is 6.08 Å². The first-order chi connectivity index (χ1) is 17.4. The minimum Gasteiger partial charge on any atom is -0.493 e. The third-order valence-corrected chi connectivity index (χ3v) is 6.17. The molecule has 8 heteroatoms. The molecular formula is C28H23ClN2O4S. The molecule has 0 saturated heterocycles. The highest BCUT2D eigenvalue weighted by Crippen LogP contribution is 2.36. The van der Waals surface area contributed by atoms with Crippen molar-refractivity contribution in [3.63, 3.8) is 0 Å². The minimum atomic E-state index is -0.531. The van der Waals surface area contributed by atoms with Crippen molar-refractivity contribution < 1.29 is 19.1 Å². The van der Waals surface area contributed by atoms with Crippen LogP contribution in [0.5, 0.6) is 17.2 Å². The Balaban J connectivity index is 1.62. The summed E-state index contributed by atoms with van der Waals surface area (Å²) in [6.45, 7) is 1.94. The molecule has 0 bridgehead atoms. The maximum atomic E-state index is 13.4. The molecule has 36 heavy (non-hydrogen) atoms. The molecule has 0 spiro atoms. The molecule has 3 aromatic carbocycles. The van der Waals surface area contributed by atoms with E-state index in [1.54, 1.807) is 55.7 Å². The van der Waals surface area contributed by atoms with Crippen molar-refractivity contribution in [2.75, 3.05) is 12.4 Å². The van der Waals surface area contributed by atoms with Gasteiger partial charge in [-0.2, -0.15) is 0 Å². The zero-order valence-corrected chi connectivity index (χ0v) is 21.2. The molecule has 4 aromatic rings. The second-order valence-corrected chi connectivity index (χ2v) is 9.16. The predicted molar refractivity (Wildman–Crippen MR) is 144 cm³/mol. The van der Waals surface area contributed by atoms with Crippen LogP contribution in [0.15, 0.2) is 89.9 Å². The van der Waals surface area contributed by atoms with Crippen LogP contribution in [-0.2, 0) is 4.79 Å². The number of para-hydroxylation sites is 2. The molecule has 0 aliphatic carbocycles. The number of halogens is 1. The number of thiophene rings is 1. The quantitative estimate of drug-likeness (QED) is 0.248. The van der Waals surface area contributed by atoms with Gasteiger partial charge in [-0.25, -0.2) is 0 Å². The lowest BCUT2D eigenvalue weighted by Crippen LogP contribution is -2.30. The molecule has 0 saturated carbocycles. The number of hydrogen-bond acceptors (Lipinski definition) is 5. The average molecular weight is 519 g/mol. The number of ether oxygens (including phenoxy) is 2. The van der Waals surface area contributed by atoms with E-state index in [1.807, 2.05) is 48.7 Å². The molecule has 0 radical (unpaired) electrons. The van der Waals surface area contributed by atoms with Crippen LogP contribution in [0.2, 0.25) is 5.02 Å². The molecule has 2 N–H and O–H groups in total. The van der Waals surface area contributed by atoms with Gasteiger partial charge >= 0.3 is 0 Å². The molecule has 0 fully saturated rings. The number of benzene rings is 3. The van der Waals surface area contributed by atoms with Gasteiger partial charge in [0.1, 0.15) is 5.70 Å². The van der Waals surface area contributed by atoms with E-state index in [0.29, 0.717) is 33.5 Å². The maximum absolute atomic E-state index is 13.4. The number of carbonyl (C=O) groups is 2. The number of amides is 2. The number of hydrogen-bond donors (Lipinski definition) is 2. The Labute approximate surface area is 218 Å². The minimum absolute atomic E-state index is 0.0752. The van der Waals surface area contributed by atoms with Crippen LogP contribution >= 0.6 is 22.9 Å². The van der Waals surface area contributed by atoms with Gasteiger partial charge in [-0.3, -0.25) is 9.59 Å². The Bertz CT molecular complexity index is 1400. The second-order valence-electron chi connectivity index (χ2n) is 7.74. The molecule has 0 aliphatic rings. The summed E-state index contributed by atoms with van der Waals surface area (Å²) in [5.74, 6) is 0.436. The van der Waals surface area contributed by atoms with Crippen LogP contribution in [0.1, 0.15) is 20.8 Å². The molecule has 0 unspecified atom stereocenters. The molecule has 0 aliphatic heterocycles. The third kappa shape index (κ3) is 6.33. The average Bonchev–Trinajstić information content (AvgIpc) is 3.39. The summed E-state index contributed by atoms with van der Waals surface area (Å²) in [6.07, 6.45) is 1.62. The van der Waals surface area contributed by atoms with Crippen LogP contribution in [-0.4, -0.2) is 18.9 Å². The van der Waals surface area contributed by atoms with Crippen molar-refractivity contribution in [2.24, 2.45) is 0 Å². The molecule has 6 nitrogen and oxygen atoms in total. The van der Waals surface area contributed by atoms with Gasteiger partial charge in [0, 0.05) is 15.5 Å². The summed E-state index contributed by atoms with van der Waals surface area (Å²) in [7, 11) is 1.55. The van der Waals surface area contributed by atoms with Gasteiger partial charge in [0.25, 0.3) is 11.8 Å². The van der Waals surface area contributed by atoms with E-state index in [2.05, 4.69) is 10.6 Å². The summed E-state index contributed by atoms with van der Waals surface area (Å²) in [6, 6.07) is 22.9. The highest BCUT2D eigenvalue weighted by atomic mass is 35.5. The molecule has 182 valence electrons. The van der Waals surface area contributed by atoms with E-state index in [4.69, 9.17) is 21.1 Å². The van der Waals surface area contributed by atoms with Crippen LogP contribution in [0, 0.1) is 6.92 Å². The number of nitrogens with one attached hydrogen (secondary N) is 2. The van der Waals surface area contributed by atoms with Gasteiger partial charge in [-0.1, -0.05) is 47.5 Å². The van der Waals surface area contributed by atoms with Gasteiger partial charge in [-0.05, 0) is 66.9 Å². The van der Waals surface area contributed by atoms with Crippen molar-refractivity contribution in [2.45, 2.75) is 6.92 Å². The molecule has 1 aromatic heterocycles. The Hall–Kier alpha value is -4.07. The fourth-order valence-electron chi connectivity index (χ4n) is 3.27. The van der Waals surface area contributed by atoms with Gasteiger partial charge in [0.2, 0.25) is 0 Å². The fourth-order valence-corrected chi connectivity index (χ4v) is 4.10. The largest absolute Gasteiger partial charge is 0.493 e. The molecule has 4 rings (SSSR count). The monoisotopic (exact) mass is 518 g/mol. The first-order valence-electron chi connectivity index (χ1n) is 11.0. The highest BCUT2D eigenvalue weighted by molar-refractivity contribution is 7.10. The molecule has 2 amide bonds. The Morgan fingerprint density at radius 3 is 2.36 bits per heavy atom. The standard InChI is InChI=1S/C28H23ClN2O4S/c1-18-9-11-19(12-10-18)27(32)31-23(17-21-6-5-15-36-21)28(33)30-22-16-20(29)13-14-24(22)35-26-8-4-3-7-25(26)34-2/h3-17H,1-2H3,(H,30,33)(H,31,32)/b23-17-. The normalized spacial score (nSPS) is 11.0. The molecule has 1 heterocycles. The Morgan fingerprint density at radius 2 is 1.67 bits per heavy atom. The smallest absolute Gasteiger partial charge is 0.272 e. The van der Waals surface area contributed by atoms with Crippen molar-refractivity contribution in [1.82, 2.24) is 5.32 Å². The Kier molecular flexibility index (Phi) is 8.05. The van der Waals surface area contributed by atoms with Crippen molar-refractivity contribution in [1.29, 1.82) is 0 Å². The predicted octanol–water partition coefficient (Wildman–Crippen LogP) is 6.92. The van der Waals surface area contributed by atoms with E-state index >= 15 is 0 Å². The lowest BCUT2D eigenvalue weighted by Gasteiger charge is -2.16. The second kappa shape index (κ2) is 11.6. The molecule has 0 atom stereocenters. The van der Waals surface area contributed by atoms with Crippen LogP contribution in [0.3, 0.4) is 0 Å². The summed E-state index contributed by atoms with van der Waals surface area (Å²) >= 11 is 7.66. The lowest BCUT2D eigenvalue weighted by atomic mass is 10.1. The first kappa shape index (κ1) is 25.0. The summed E-state index contributed by atoms with van der Waals surface area (Å²) in [5, 5.41) is 7.85. The lowest BCUT2D eigenvalue weighted by molar-refractivity contribution is -0.113. The van der Waals surface area contributed by atoms with Crippen molar-refractivity contribution in [3.8, 4) is 17.2 Å². The fraction of sp³-hybridized carbons (Fsp3) is 0.0714.